The summed E-state index contributed by atoms with van der Waals surface area (Å²) >= 11 is 0. The maximum absolute atomic E-state index is 2.44. The number of rotatable bonds is 8. The Hall–Kier alpha value is -6.90. The fraction of sp³-hybridized carbons (Fsp3) is 0.0909. The molecule has 2 aliphatic carbocycles. The largest absolute Gasteiger partial charge is 0.314 e. The number of hydrogen-bond acceptors (Lipinski definition) is 2. The average molecular weight is 733 g/mol. The van der Waals surface area contributed by atoms with Crippen LogP contribution in [0, 0.1) is 0 Å². The molecule has 0 aliphatic heterocycles. The third kappa shape index (κ3) is 6.44. The molecule has 0 radical (unpaired) electrons. The van der Waals surface area contributed by atoms with E-state index in [0.717, 1.165) is 35.5 Å². The molecule has 0 spiro atoms. The molecule has 0 saturated heterocycles. The Morgan fingerprint density at radius 1 is 0.439 bits per heavy atom. The molecule has 0 bridgehead atoms. The van der Waals surface area contributed by atoms with Gasteiger partial charge in [0.15, 0.2) is 0 Å². The fourth-order valence-electron chi connectivity index (χ4n) is 8.83. The molecular weight excluding hydrogens is 689 g/mol. The highest BCUT2D eigenvalue weighted by Crippen LogP contribution is 2.51. The van der Waals surface area contributed by atoms with E-state index in [-0.39, 0.29) is 5.41 Å². The Morgan fingerprint density at radius 2 is 0.947 bits per heavy atom. The van der Waals surface area contributed by atoms with Crippen molar-refractivity contribution >= 4 is 62.1 Å². The Morgan fingerprint density at radius 3 is 1.60 bits per heavy atom. The van der Waals surface area contributed by atoms with Gasteiger partial charge in [-0.3, -0.25) is 0 Å². The number of nitrogens with zero attached hydrogens (tertiary/aromatic N) is 2. The molecule has 2 nitrogen and oxygen atoms in total. The van der Waals surface area contributed by atoms with Crippen molar-refractivity contribution in [2.24, 2.45) is 0 Å². The zero-order valence-corrected chi connectivity index (χ0v) is 32.4. The molecule has 0 amide bonds. The lowest BCUT2D eigenvalue weighted by Crippen LogP contribution is -2.19. The third-order valence-corrected chi connectivity index (χ3v) is 11.8. The SMILES string of the molecule is CC1(C)c2cc(/C=C/c3ccc(N(c4ccc5ccccc5c4)c4ccc5ccccc5c4)cc3)ccc2-c2ccc(N(C3=CC=CCC3)c3ccccc3)cc21. The lowest BCUT2D eigenvalue weighted by atomic mass is 9.81. The van der Waals surface area contributed by atoms with E-state index in [9.17, 15) is 0 Å². The van der Waals surface area contributed by atoms with Crippen molar-refractivity contribution in [2.45, 2.75) is 32.1 Å². The predicted molar refractivity (Wildman–Crippen MR) is 244 cm³/mol. The molecule has 0 N–H and O–H groups in total. The number of benzene rings is 8. The van der Waals surface area contributed by atoms with E-state index in [1.54, 1.807) is 0 Å². The molecule has 57 heavy (non-hydrogen) atoms. The molecule has 8 aromatic carbocycles. The van der Waals surface area contributed by atoms with Gasteiger partial charge in [0, 0.05) is 39.5 Å². The van der Waals surface area contributed by atoms with Crippen LogP contribution in [-0.2, 0) is 5.41 Å². The van der Waals surface area contributed by atoms with Crippen LogP contribution in [0.15, 0.2) is 200 Å². The van der Waals surface area contributed by atoms with E-state index >= 15 is 0 Å². The molecule has 0 heterocycles. The Kier molecular flexibility index (Phi) is 8.68. The van der Waals surface area contributed by atoms with Gasteiger partial charge >= 0.3 is 0 Å². The van der Waals surface area contributed by atoms with Crippen molar-refractivity contribution in [2.75, 3.05) is 9.80 Å². The normalized spacial score (nSPS) is 14.1. The van der Waals surface area contributed by atoms with Gasteiger partial charge in [0.1, 0.15) is 0 Å². The van der Waals surface area contributed by atoms with Gasteiger partial charge in [-0.15, -0.1) is 0 Å². The second-order valence-electron chi connectivity index (χ2n) is 15.8. The van der Waals surface area contributed by atoms with Crippen LogP contribution in [0.5, 0.6) is 0 Å². The smallest absolute Gasteiger partial charge is 0.0468 e. The summed E-state index contributed by atoms with van der Waals surface area (Å²) in [7, 11) is 0. The van der Waals surface area contributed by atoms with Gasteiger partial charge in [0.25, 0.3) is 0 Å². The van der Waals surface area contributed by atoms with E-state index in [2.05, 4.69) is 230 Å². The van der Waals surface area contributed by atoms with Gasteiger partial charge < -0.3 is 9.80 Å². The second-order valence-corrected chi connectivity index (χ2v) is 15.8. The summed E-state index contributed by atoms with van der Waals surface area (Å²) in [6, 6.07) is 64.4. The Labute approximate surface area is 336 Å². The van der Waals surface area contributed by atoms with Crippen LogP contribution >= 0.6 is 0 Å². The number of para-hydroxylation sites is 1. The van der Waals surface area contributed by atoms with Gasteiger partial charge in [-0.2, -0.15) is 0 Å². The highest BCUT2D eigenvalue weighted by Gasteiger charge is 2.36. The van der Waals surface area contributed by atoms with Gasteiger partial charge in [0.05, 0.1) is 0 Å². The van der Waals surface area contributed by atoms with Crippen molar-refractivity contribution in [1.29, 1.82) is 0 Å². The first kappa shape index (κ1) is 34.6. The summed E-state index contributed by atoms with van der Waals surface area (Å²) in [6.45, 7) is 4.75. The highest BCUT2D eigenvalue weighted by atomic mass is 15.2. The van der Waals surface area contributed by atoms with E-state index in [1.165, 1.54) is 66.4 Å². The van der Waals surface area contributed by atoms with Crippen LogP contribution in [-0.4, -0.2) is 0 Å². The monoisotopic (exact) mass is 732 g/mol. The van der Waals surface area contributed by atoms with Gasteiger partial charge in [-0.25, -0.2) is 0 Å². The minimum Gasteiger partial charge on any atom is -0.314 e. The fourth-order valence-corrected chi connectivity index (χ4v) is 8.83. The van der Waals surface area contributed by atoms with Crippen molar-refractivity contribution in [3.05, 3.63) is 222 Å². The maximum atomic E-state index is 2.44. The summed E-state index contributed by atoms with van der Waals surface area (Å²) < 4.78 is 0. The highest BCUT2D eigenvalue weighted by molar-refractivity contribution is 5.93. The van der Waals surface area contributed by atoms with Crippen molar-refractivity contribution < 1.29 is 0 Å². The van der Waals surface area contributed by atoms with Gasteiger partial charge in [-0.05, 0) is 135 Å². The first-order valence-electron chi connectivity index (χ1n) is 20.1. The van der Waals surface area contributed by atoms with Crippen molar-refractivity contribution in [3.63, 3.8) is 0 Å². The number of allylic oxidation sites excluding steroid dienone is 4. The summed E-state index contributed by atoms with van der Waals surface area (Å²) in [6.07, 6.45) is 13.3. The molecule has 0 atom stereocenters. The summed E-state index contributed by atoms with van der Waals surface area (Å²) in [5.41, 5.74) is 14.8. The van der Waals surface area contributed by atoms with Crippen LogP contribution in [0.2, 0.25) is 0 Å². The summed E-state index contributed by atoms with van der Waals surface area (Å²) in [5.74, 6) is 0. The molecule has 0 fully saturated rings. The van der Waals surface area contributed by atoms with Crippen molar-refractivity contribution in [1.82, 2.24) is 0 Å². The van der Waals surface area contributed by atoms with Crippen LogP contribution in [0.25, 0.3) is 44.8 Å². The van der Waals surface area contributed by atoms with Gasteiger partial charge in [-0.1, -0.05) is 153 Å². The predicted octanol–water partition coefficient (Wildman–Crippen LogP) is 15.3. The van der Waals surface area contributed by atoms with Crippen LogP contribution in [0.4, 0.5) is 28.4 Å². The molecule has 2 heteroatoms. The Bertz CT molecular complexity index is 2800. The summed E-state index contributed by atoms with van der Waals surface area (Å²) in [4.78, 5) is 4.80. The molecule has 8 aromatic rings. The second kappa shape index (κ2) is 14.3. The van der Waals surface area contributed by atoms with Crippen LogP contribution < -0.4 is 9.80 Å². The molecule has 0 unspecified atom stereocenters. The first-order chi connectivity index (χ1) is 28.0. The quantitative estimate of drug-likeness (QED) is 0.144. The zero-order chi connectivity index (χ0) is 38.3. The average Bonchev–Trinajstić information content (AvgIpc) is 3.49. The number of fused-ring (bicyclic) bond motifs is 5. The first-order valence-corrected chi connectivity index (χ1v) is 20.1. The third-order valence-electron chi connectivity index (χ3n) is 11.8. The standard InChI is InChI=1S/C55H44N2/c1-55(2)53-35-40(25-33-51(53)52-34-32-50(38-54(52)55)56(45-17-5-3-6-18-45)46-19-7-4-8-20-46)22-21-39-23-28-47(29-24-39)57(48-30-26-41-13-9-11-15-43(41)36-48)49-31-27-42-14-10-12-16-44(42)37-49/h3-7,9-19,21-38H,8,20H2,1-2H3/b22-21+. The molecular formula is C55H44N2. The van der Waals surface area contributed by atoms with E-state index in [0.29, 0.717) is 0 Å². The lowest BCUT2D eigenvalue weighted by molar-refractivity contribution is 0.660. The Balaban J connectivity index is 0.944. The molecule has 0 aromatic heterocycles. The minimum absolute atomic E-state index is 0.135. The zero-order valence-electron chi connectivity index (χ0n) is 32.4. The summed E-state index contributed by atoms with van der Waals surface area (Å²) in [5, 5.41) is 4.93. The maximum Gasteiger partial charge on any atom is 0.0468 e. The topological polar surface area (TPSA) is 6.48 Å². The molecule has 0 saturated carbocycles. The molecule has 2 aliphatic rings. The lowest BCUT2D eigenvalue weighted by Gasteiger charge is -2.30. The number of hydrogen-bond donors (Lipinski definition) is 0. The van der Waals surface area contributed by atoms with E-state index in [1.807, 2.05) is 0 Å². The van der Waals surface area contributed by atoms with Crippen LogP contribution in [0.3, 0.4) is 0 Å². The molecule has 274 valence electrons. The van der Waals surface area contributed by atoms with Crippen molar-refractivity contribution in [3.8, 4) is 11.1 Å². The van der Waals surface area contributed by atoms with E-state index < -0.39 is 0 Å². The molecule has 10 rings (SSSR count). The van der Waals surface area contributed by atoms with E-state index in [4.69, 9.17) is 0 Å². The van der Waals surface area contributed by atoms with Crippen LogP contribution in [0.1, 0.15) is 48.9 Å². The minimum atomic E-state index is -0.135. The number of anilines is 5. The van der Waals surface area contributed by atoms with Gasteiger partial charge in [0.2, 0.25) is 0 Å².